The van der Waals surface area contributed by atoms with E-state index in [4.69, 9.17) is 0 Å². The van der Waals surface area contributed by atoms with E-state index in [-0.39, 0.29) is 46.5 Å². The minimum Gasteiger partial charge on any atom is -1.00 e. The Morgan fingerprint density at radius 2 is 0.944 bits per heavy atom. The standard InChI is InChI=1S/C19H13.C13H12O.2ClH.Ti/c1-2-8-14(9-3-1)19-17-12-6-4-10-15(17)16-11-5-7-13-18(16)19;14-13(11-7-3-1-4-8-11)12-9-5-2-6-10-12;;;/h1-8,10-13,19H;1-10,13-14H;2*1H;/q-1;;;;+3/p-2. The SMILES string of the molecule is OC(c1ccccc1)c1ccccc1.[Cl-].[Cl-].[Ti+3].[c-]1ccccc1C1c2ccccc2-c2ccccc21. The van der Waals surface area contributed by atoms with Gasteiger partial charge in [0.05, 0.1) is 0 Å². The molecule has 0 aromatic heterocycles. The maximum Gasteiger partial charge on any atom is 3.00 e. The van der Waals surface area contributed by atoms with E-state index in [1.54, 1.807) is 0 Å². The number of hydrogen-bond donors (Lipinski definition) is 1. The minimum atomic E-state index is -0.516. The molecule has 1 N–H and O–H groups in total. The Kier molecular flexibility index (Phi) is 11.7. The van der Waals surface area contributed by atoms with Crippen LogP contribution in [0, 0.1) is 6.07 Å². The van der Waals surface area contributed by atoms with Gasteiger partial charge < -0.3 is 29.9 Å². The Bertz CT molecular complexity index is 1240. The summed E-state index contributed by atoms with van der Waals surface area (Å²) in [6.45, 7) is 0. The van der Waals surface area contributed by atoms with Crippen LogP contribution in [0.5, 0.6) is 0 Å². The molecule has 0 saturated carbocycles. The number of hydrogen-bond acceptors (Lipinski definition) is 1. The van der Waals surface area contributed by atoms with E-state index in [9.17, 15) is 5.11 Å². The van der Waals surface area contributed by atoms with Crippen molar-refractivity contribution in [3.05, 3.63) is 167 Å². The van der Waals surface area contributed by atoms with Gasteiger partial charge >= 0.3 is 21.7 Å². The molecule has 0 heterocycles. The van der Waals surface area contributed by atoms with Gasteiger partial charge in [-0.25, -0.2) is 0 Å². The molecular weight excluding hydrogens is 519 g/mol. The predicted molar refractivity (Wildman–Crippen MR) is 135 cm³/mol. The first-order valence-electron chi connectivity index (χ1n) is 11.3. The maximum atomic E-state index is 9.99. The summed E-state index contributed by atoms with van der Waals surface area (Å²) < 4.78 is 0. The fraction of sp³-hybridized carbons (Fsp3) is 0.0625. The molecule has 0 spiro atoms. The Hall–Kier alpha value is -2.65. The number of aliphatic hydroxyl groups excluding tert-OH is 1. The van der Waals surface area contributed by atoms with Crippen molar-refractivity contribution in [2.24, 2.45) is 0 Å². The number of halogens is 2. The molecule has 177 valence electrons. The fourth-order valence-corrected chi connectivity index (χ4v) is 4.54. The third kappa shape index (κ3) is 6.37. The van der Waals surface area contributed by atoms with Gasteiger partial charge in [0.1, 0.15) is 6.10 Å². The van der Waals surface area contributed by atoms with Crippen LogP contribution in [0.2, 0.25) is 0 Å². The van der Waals surface area contributed by atoms with Crippen molar-refractivity contribution >= 4 is 0 Å². The molecular formula is C32H25Cl2OTi. The van der Waals surface area contributed by atoms with Gasteiger partial charge in [0.25, 0.3) is 0 Å². The zero-order chi connectivity index (χ0) is 22.5. The molecule has 0 amide bonds. The molecule has 1 aliphatic rings. The molecule has 0 fully saturated rings. The van der Waals surface area contributed by atoms with Crippen molar-refractivity contribution in [1.82, 2.24) is 0 Å². The van der Waals surface area contributed by atoms with E-state index >= 15 is 0 Å². The second kappa shape index (κ2) is 14.2. The van der Waals surface area contributed by atoms with Crippen LogP contribution in [-0.2, 0) is 21.7 Å². The second-order valence-corrected chi connectivity index (χ2v) is 8.15. The Labute approximate surface area is 240 Å². The van der Waals surface area contributed by atoms with E-state index in [0.717, 1.165) is 11.1 Å². The van der Waals surface area contributed by atoms with Crippen LogP contribution >= 0.6 is 0 Å². The summed E-state index contributed by atoms with van der Waals surface area (Å²) in [6.07, 6.45) is -0.516. The van der Waals surface area contributed by atoms with Gasteiger partial charge in [-0.15, -0.1) is 0 Å². The van der Waals surface area contributed by atoms with Crippen molar-refractivity contribution in [2.45, 2.75) is 12.0 Å². The molecule has 4 heteroatoms. The Morgan fingerprint density at radius 3 is 1.39 bits per heavy atom. The Morgan fingerprint density at radius 1 is 0.528 bits per heavy atom. The maximum absolute atomic E-state index is 9.99. The summed E-state index contributed by atoms with van der Waals surface area (Å²) >= 11 is 0. The zero-order valence-electron chi connectivity index (χ0n) is 19.6. The van der Waals surface area contributed by atoms with Crippen molar-refractivity contribution in [3.8, 4) is 11.1 Å². The molecule has 0 aliphatic heterocycles. The van der Waals surface area contributed by atoms with Gasteiger partial charge in [0.2, 0.25) is 0 Å². The van der Waals surface area contributed by atoms with Crippen LogP contribution in [0.25, 0.3) is 11.1 Å². The van der Waals surface area contributed by atoms with E-state index in [2.05, 4.69) is 66.7 Å². The van der Waals surface area contributed by atoms with E-state index in [0.29, 0.717) is 5.92 Å². The largest absolute Gasteiger partial charge is 3.00 e. The summed E-state index contributed by atoms with van der Waals surface area (Å²) in [5, 5.41) is 9.99. The monoisotopic (exact) mass is 543 g/mol. The number of aliphatic hydroxyl groups is 1. The predicted octanol–water partition coefficient (Wildman–Crippen LogP) is 1.42. The first-order valence-corrected chi connectivity index (χ1v) is 11.3. The molecule has 0 bridgehead atoms. The summed E-state index contributed by atoms with van der Waals surface area (Å²) in [5.41, 5.74) is 8.62. The average Bonchev–Trinajstić information content (AvgIpc) is 3.25. The molecule has 6 rings (SSSR count). The van der Waals surface area contributed by atoms with E-state index in [1.165, 1.54) is 27.8 Å². The molecule has 0 unspecified atom stereocenters. The normalized spacial score (nSPS) is 10.9. The van der Waals surface area contributed by atoms with Gasteiger partial charge in [-0.2, -0.15) is 35.9 Å². The smallest absolute Gasteiger partial charge is 1.00 e. The Balaban J connectivity index is 0.000000244. The molecule has 1 aliphatic carbocycles. The van der Waals surface area contributed by atoms with E-state index < -0.39 is 6.10 Å². The third-order valence-corrected chi connectivity index (χ3v) is 6.11. The summed E-state index contributed by atoms with van der Waals surface area (Å²) in [7, 11) is 0. The van der Waals surface area contributed by atoms with Gasteiger partial charge in [-0.05, 0) is 33.4 Å². The van der Waals surface area contributed by atoms with Crippen LogP contribution in [0.4, 0.5) is 0 Å². The molecule has 36 heavy (non-hydrogen) atoms. The second-order valence-electron chi connectivity index (χ2n) is 8.15. The minimum absolute atomic E-state index is 0. The molecule has 0 atom stereocenters. The van der Waals surface area contributed by atoms with Crippen molar-refractivity contribution in [1.29, 1.82) is 0 Å². The fourth-order valence-electron chi connectivity index (χ4n) is 4.54. The number of fused-ring (bicyclic) bond motifs is 3. The van der Waals surface area contributed by atoms with Crippen molar-refractivity contribution in [3.63, 3.8) is 0 Å². The first kappa shape index (κ1) is 29.6. The molecule has 5 aromatic rings. The average molecular weight is 544 g/mol. The first-order chi connectivity index (χ1) is 16.3. The summed E-state index contributed by atoms with van der Waals surface area (Å²) in [4.78, 5) is 0. The summed E-state index contributed by atoms with van der Waals surface area (Å²) in [6, 6.07) is 48.4. The van der Waals surface area contributed by atoms with Crippen LogP contribution in [0.15, 0.2) is 133 Å². The van der Waals surface area contributed by atoms with Crippen molar-refractivity contribution < 1.29 is 51.6 Å². The van der Waals surface area contributed by atoms with Gasteiger partial charge in [0, 0.05) is 5.92 Å². The quantitative estimate of drug-likeness (QED) is 0.264. The van der Waals surface area contributed by atoms with Gasteiger partial charge in [-0.1, -0.05) is 109 Å². The number of benzene rings is 5. The molecule has 1 nitrogen and oxygen atoms in total. The van der Waals surface area contributed by atoms with Gasteiger partial charge in [0.15, 0.2) is 0 Å². The number of rotatable bonds is 3. The van der Waals surface area contributed by atoms with Crippen LogP contribution in [0.1, 0.15) is 39.8 Å². The van der Waals surface area contributed by atoms with Crippen LogP contribution < -0.4 is 24.8 Å². The molecule has 5 aromatic carbocycles. The zero-order valence-corrected chi connectivity index (χ0v) is 22.6. The molecule has 0 saturated heterocycles. The van der Waals surface area contributed by atoms with E-state index in [1.807, 2.05) is 72.8 Å². The topological polar surface area (TPSA) is 20.2 Å². The summed E-state index contributed by atoms with van der Waals surface area (Å²) in [5.74, 6) is 0.327. The molecule has 1 radical (unpaired) electrons. The van der Waals surface area contributed by atoms with Crippen LogP contribution in [0.3, 0.4) is 0 Å². The van der Waals surface area contributed by atoms with Gasteiger partial charge in [-0.3, -0.25) is 0 Å². The van der Waals surface area contributed by atoms with Crippen molar-refractivity contribution in [2.75, 3.05) is 0 Å². The van der Waals surface area contributed by atoms with Crippen LogP contribution in [-0.4, -0.2) is 5.11 Å². The third-order valence-electron chi connectivity index (χ3n) is 6.11.